The molecule has 1 atom stereocenters. The molecule has 0 bridgehead atoms. The van der Waals surface area contributed by atoms with Gasteiger partial charge in [0.1, 0.15) is 0 Å². The molecule has 1 aliphatic rings. The third-order valence-corrected chi connectivity index (χ3v) is 4.60. The van der Waals surface area contributed by atoms with Crippen LogP contribution in [-0.2, 0) is 6.54 Å². The molecule has 1 unspecified atom stereocenters. The Kier molecular flexibility index (Phi) is 6.38. The second-order valence-corrected chi connectivity index (χ2v) is 6.97. The monoisotopic (exact) mass is 308 g/mol. The molecule has 0 saturated carbocycles. The number of hydrogen-bond donors (Lipinski definition) is 1. The Hall–Kier alpha value is -0.730. The summed E-state index contributed by atoms with van der Waals surface area (Å²) in [6, 6.07) is 7.21. The zero-order valence-corrected chi connectivity index (χ0v) is 14.4. The van der Waals surface area contributed by atoms with E-state index >= 15 is 0 Å². The molecule has 1 N–H and O–H groups in total. The molecule has 21 heavy (non-hydrogen) atoms. The van der Waals surface area contributed by atoms with Gasteiger partial charge in [-0.2, -0.15) is 0 Å². The van der Waals surface area contributed by atoms with Gasteiger partial charge in [-0.25, -0.2) is 0 Å². The smallest absolute Gasteiger partial charge is 0.0642 e. The van der Waals surface area contributed by atoms with E-state index in [4.69, 9.17) is 11.6 Å². The molecule has 2 nitrogen and oxygen atoms in total. The van der Waals surface area contributed by atoms with E-state index in [9.17, 15) is 0 Å². The van der Waals surface area contributed by atoms with Crippen molar-refractivity contribution in [3.63, 3.8) is 0 Å². The highest BCUT2D eigenvalue weighted by molar-refractivity contribution is 6.33. The van der Waals surface area contributed by atoms with E-state index in [1.165, 1.54) is 36.9 Å². The predicted octanol–water partition coefficient (Wildman–Crippen LogP) is 4.85. The molecule has 1 fully saturated rings. The van der Waals surface area contributed by atoms with Gasteiger partial charge in [-0.3, -0.25) is 0 Å². The summed E-state index contributed by atoms with van der Waals surface area (Å²) in [5, 5.41) is 4.38. The molecule has 1 aromatic rings. The topological polar surface area (TPSA) is 15.3 Å². The summed E-state index contributed by atoms with van der Waals surface area (Å²) in [7, 11) is 0. The molecule has 3 heteroatoms. The molecule has 1 aromatic carbocycles. The molecule has 0 spiro atoms. The highest BCUT2D eigenvalue weighted by atomic mass is 35.5. The van der Waals surface area contributed by atoms with Gasteiger partial charge in [0.25, 0.3) is 0 Å². The van der Waals surface area contributed by atoms with E-state index in [0.717, 1.165) is 24.7 Å². The van der Waals surface area contributed by atoms with Gasteiger partial charge in [0.2, 0.25) is 0 Å². The van der Waals surface area contributed by atoms with Gasteiger partial charge in [-0.1, -0.05) is 38.4 Å². The maximum Gasteiger partial charge on any atom is 0.0642 e. The molecular formula is C18H29ClN2. The fourth-order valence-electron chi connectivity index (χ4n) is 3.14. The average molecular weight is 309 g/mol. The first-order valence-corrected chi connectivity index (χ1v) is 8.75. The number of hydrogen-bond acceptors (Lipinski definition) is 2. The van der Waals surface area contributed by atoms with Gasteiger partial charge in [0.05, 0.1) is 10.7 Å². The summed E-state index contributed by atoms with van der Waals surface area (Å²) in [4.78, 5) is 2.51. The highest BCUT2D eigenvalue weighted by Gasteiger charge is 2.22. The lowest BCUT2D eigenvalue weighted by Crippen LogP contribution is -2.39. The highest BCUT2D eigenvalue weighted by Crippen LogP contribution is 2.32. The zero-order chi connectivity index (χ0) is 15.2. The minimum Gasteiger partial charge on any atom is -0.367 e. The van der Waals surface area contributed by atoms with Crippen LogP contribution in [0.25, 0.3) is 0 Å². The number of rotatable bonds is 6. The van der Waals surface area contributed by atoms with Crippen molar-refractivity contribution < 1.29 is 0 Å². The number of piperidine rings is 1. The van der Waals surface area contributed by atoms with Crippen LogP contribution in [0.2, 0.25) is 5.02 Å². The van der Waals surface area contributed by atoms with Gasteiger partial charge in [0.15, 0.2) is 0 Å². The molecule has 2 rings (SSSR count). The quantitative estimate of drug-likeness (QED) is 0.807. The van der Waals surface area contributed by atoms with Crippen molar-refractivity contribution in [3.05, 3.63) is 28.8 Å². The number of anilines is 1. The molecule has 1 saturated heterocycles. The largest absolute Gasteiger partial charge is 0.367 e. The fourth-order valence-corrected chi connectivity index (χ4v) is 3.45. The maximum absolute atomic E-state index is 6.56. The van der Waals surface area contributed by atoms with Gasteiger partial charge in [-0.15, -0.1) is 0 Å². The summed E-state index contributed by atoms with van der Waals surface area (Å²) >= 11 is 6.56. The average Bonchev–Trinajstić information content (AvgIpc) is 2.47. The Balaban J connectivity index is 2.04. The second kappa shape index (κ2) is 8.05. The number of benzene rings is 1. The van der Waals surface area contributed by atoms with Gasteiger partial charge >= 0.3 is 0 Å². The molecule has 0 radical (unpaired) electrons. The van der Waals surface area contributed by atoms with Crippen LogP contribution in [-0.4, -0.2) is 19.1 Å². The van der Waals surface area contributed by atoms with E-state index < -0.39 is 0 Å². The van der Waals surface area contributed by atoms with Crippen molar-refractivity contribution in [2.75, 3.05) is 18.0 Å². The van der Waals surface area contributed by atoms with Crippen molar-refractivity contribution in [3.8, 4) is 0 Å². The predicted molar refractivity (Wildman–Crippen MR) is 93.3 cm³/mol. The van der Waals surface area contributed by atoms with Crippen molar-refractivity contribution >= 4 is 17.3 Å². The van der Waals surface area contributed by atoms with Gasteiger partial charge in [-0.05, 0) is 55.8 Å². The minimum atomic E-state index is 0.654. The lowest BCUT2D eigenvalue weighted by atomic mass is 9.99. The van der Waals surface area contributed by atoms with E-state index in [0.29, 0.717) is 12.0 Å². The van der Waals surface area contributed by atoms with E-state index in [2.05, 4.69) is 49.2 Å². The van der Waals surface area contributed by atoms with Crippen molar-refractivity contribution in [2.45, 2.75) is 59.0 Å². The third-order valence-electron chi connectivity index (χ3n) is 4.30. The molecule has 1 aliphatic heterocycles. The molecule has 1 heterocycles. The van der Waals surface area contributed by atoms with E-state index in [1.54, 1.807) is 0 Å². The number of nitrogens with zero attached hydrogens (tertiary/aromatic N) is 1. The van der Waals surface area contributed by atoms with Gasteiger partial charge in [0, 0.05) is 19.1 Å². The van der Waals surface area contributed by atoms with Crippen molar-refractivity contribution in [1.82, 2.24) is 5.32 Å². The van der Waals surface area contributed by atoms with Crippen LogP contribution < -0.4 is 10.2 Å². The summed E-state index contributed by atoms with van der Waals surface area (Å²) in [5.41, 5.74) is 2.49. The molecule has 0 aliphatic carbocycles. The zero-order valence-electron chi connectivity index (χ0n) is 13.7. The van der Waals surface area contributed by atoms with E-state index in [1.807, 2.05) is 0 Å². The van der Waals surface area contributed by atoms with Crippen molar-refractivity contribution in [1.29, 1.82) is 0 Å². The first-order valence-electron chi connectivity index (χ1n) is 8.37. The molecule has 118 valence electrons. The maximum atomic E-state index is 6.56. The fraction of sp³-hybridized carbons (Fsp3) is 0.667. The summed E-state index contributed by atoms with van der Waals surface area (Å²) in [5.74, 6) is 0.679. The Morgan fingerprint density at radius 3 is 2.81 bits per heavy atom. The molecular weight excluding hydrogens is 280 g/mol. The molecule has 0 amide bonds. The van der Waals surface area contributed by atoms with Crippen molar-refractivity contribution in [2.24, 2.45) is 5.92 Å². The summed E-state index contributed by atoms with van der Waals surface area (Å²) in [6.45, 7) is 9.82. The SMILES string of the molecule is CCC1CCCCN1c1ccc(CNCC(C)C)cc1Cl. The summed E-state index contributed by atoms with van der Waals surface area (Å²) < 4.78 is 0. The number of nitrogens with one attached hydrogen (secondary N) is 1. The Labute approximate surface area is 134 Å². The van der Waals surface area contributed by atoms with Gasteiger partial charge < -0.3 is 10.2 Å². The summed E-state index contributed by atoms with van der Waals surface area (Å²) in [6.07, 6.45) is 5.13. The standard InChI is InChI=1S/C18H29ClN2/c1-4-16-7-5-6-10-21(16)18-9-8-15(11-17(18)19)13-20-12-14(2)3/h8-9,11,14,16,20H,4-7,10,12-13H2,1-3H3. The third kappa shape index (κ3) is 4.62. The van der Waals surface area contributed by atoms with Crippen LogP contribution in [0.4, 0.5) is 5.69 Å². The second-order valence-electron chi connectivity index (χ2n) is 6.56. The van der Waals surface area contributed by atoms with Crippen LogP contribution in [0, 0.1) is 5.92 Å². The minimum absolute atomic E-state index is 0.654. The lowest BCUT2D eigenvalue weighted by molar-refractivity contribution is 0.450. The first-order chi connectivity index (χ1) is 10.1. The van der Waals surface area contributed by atoms with Crippen LogP contribution >= 0.6 is 11.6 Å². The molecule has 0 aromatic heterocycles. The Morgan fingerprint density at radius 1 is 1.33 bits per heavy atom. The lowest BCUT2D eigenvalue weighted by Gasteiger charge is -2.37. The number of halogens is 1. The Bertz CT molecular complexity index is 445. The van der Waals surface area contributed by atoms with Crippen LogP contribution in [0.3, 0.4) is 0 Å². The van der Waals surface area contributed by atoms with Crippen LogP contribution in [0.1, 0.15) is 52.0 Å². The Morgan fingerprint density at radius 2 is 2.14 bits per heavy atom. The first kappa shape index (κ1) is 16.6. The van der Waals surface area contributed by atoms with Crippen LogP contribution in [0.15, 0.2) is 18.2 Å². The van der Waals surface area contributed by atoms with E-state index in [-0.39, 0.29) is 0 Å². The normalized spacial score (nSPS) is 19.3. The van der Waals surface area contributed by atoms with Crippen LogP contribution in [0.5, 0.6) is 0 Å².